The molecule has 2 aromatic carbocycles. The van der Waals surface area contributed by atoms with Crippen molar-refractivity contribution in [3.05, 3.63) is 64.7 Å². The number of aryl methyl sites for hydroxylation is 2. The zero-order chi connectivity index (χ0) is 13.5. The van der Waals surface area contributed by atoms with Crippen molar-refractivity contribution in [2.45, 2.75) is 25.3 Å². The Kier molecular flexibility index (Phi) is 2.83. The number of hydrogen-bond donors (Lipinski definition) is 1. The van der Waals surface area contributed by atoms with E-state index in [1.807, 2.05) is 6.07 Å². The Balaban J connectivity index is 2.20. The Bertz CT molecular complexity index is 620. The van der Waals surface area contributed by atoms with E-state index in [-0.39, 0.29) is 0 Å². The van der Waals surface area contributed by atoms with Gasteiger partial charge < -0.3 is 10.5 Å². The van der Waals surface area contributed by atoms with Crippen LogP contribution >= 0.6 is 0 Å². The van der Waals surface area contributed by atoms with Crippen molar-refractivity contribution in [1.29, 1.82) is 0 Å². The lowest BCUT2D eigenvalue weighted by molar-refractivity contribution is 0.393. The fourth-order valence-electron chi connectivity index (χ4n) is 3.09. The first-order valence-corrected chi connectivity index (χ1v) is 6.67. The number of rotatable bonds is 2. The van der Waals surface area contributed by atoms with Gasteiger partial charge in [0, 0.05) is 5.56 Å². The summed E-state index contributed by atoms with van der Waals surface area (Å²) in [6.07, 6.45) is 1.97. The van der Waals surface area contributed by atoms with Crippen molar-refractivity contribution in [2.75, 3.05) is 7.11 Å². The van der Waals surface area contributed by atoms with Crippen molar-refractivity contribution in [2.24, 2.45) is 5.73 Å². The lowest BCUT2D eigenvalue weighted by Crippen LogP contribution is -2.35. The SMILES string of the molecule is COc1ccc(C)cc1C1(N)CCc2ccccc21. The van der Waals surface area contributed by atoms with E-state index in [4.69, 9.17) is 10.5 Å². The standard InChI is InChI=1S/C17H19NO/c1-12-7-8-16(19-2)15(11-12)17(18)10-9-13-5-3-4-6-14(13)17/h3-8,11H,9-10,18H2,1-2H3. The second-order valence-corrected chi connectivity index (χ2v) is 5.33. The molecule has 0 spiro atoms. The summed E-state index contributed by atoms with van der Waals surface area (Å²) in [4.78, 5) is 0. The van der Waals surface area contributed by atoms with E-state index in [9.17, 15) is 0 Å². The topological polar surface area (TPSA) is 35.2 Å². The average molecular weight is 253 g/mol. The quantitative estimate of drug-likeness (QED) is 0.892. The number of hydrogen-bond acceptors (Lipinski definition) is 2. The molecular weight excluding hydrogens is 234 g/mol. The summed E-state index contributed by atoms with van der Waals surface area (Å²) in [5.74, 6) is 0.879. The average Bonchev–Trinajstić information content (AvgIpc) is 2.78. The molecule has 3 rings (SSSR count). The molecule has 0 fully saturated rings. The van der Waals surface area contributed by atoms with Crippen LogP contribution in [-0.2, 0) is 12.0 Å². The Labute approximate surface area is 114 Å². The molecule has 19 heavy (non-hydrogen) atoms. The van der Waals surface area contributed by atoms with Crippen LogP contribution in [0.3, 0.4) is 0 Å². The molecule has 2 heteroatoms. The van der Waals surface area contributed by atoms with Crippen LogP contribution in [0.25, 0.3) is 0 Å². The summed E-state index contributed by atoms with van der Waals surface area (Å²) < 4.78 is 5.51. The summed E-state index contributed by atoms with van der Waals surface area (Å²) in [5, 5.41) is 0. The fraction of sp³-hybridized carbons (Fsp3) is 0.294. The summed E-state index contributed by atoms with van der Waals surface area (Å²) in [7, 11) is 1.71. The van der Waals surface area contributed by atoms with Crippen molar-refractivity contribution in [3.63, 3.8) is 0 Å². The normalized spacial score (nSPS) is 21.2. The van der Waals surface area contributed by atoms with E-state index < -0.39 is 5.54 Å². The van der Waals surface area contributed by atoms with Gasteiger partial charge in [-0.2, -0.15) is 0 Å². The zero-order valence-corrected chi connectivity index (χ0v) is 11.4. The molecular formula is C17H19NO. The minimum Gasteiger partial charge on any atom is -0.496 e. The lowest BCUT2D eigenvalue weighted by Gasteiger charge is -2.28. The van der Waals surface area contributed by atoms with Gasteiger partial charge >= 0.3 is 0 Å². The third kappa shape index (κ3) is 1.83. The molecule has 0 bridgehead atoms. The highest BCUT2D eigenvalue weighted by Gasteiger charge is 2.38. The molecule has 2 N–H and O–H groups in total. The van der Waals surface area contributed by atoms with Crippen LogP contribution in [0.1, 0.15) is 28.7 Å². The van der Waals surface area contributed by atoms with E-state index in [2.05, 4.69) is 43.3 Å². The fourth-order valence-corrected chi connectivity index (χ4v) is 3.09. The van der Waals surface area contributed by atoms with Gasteiger partial charge in [0.05, 0.1) is 12.6 Å². The second kappa shape index (κ2) is 4.39. The maximum absolute atomic E-state index is 6.76. The molecule has 0 saturated carbocycles. The van der Waals surface area contributed by atoms with E-state index in [1.54, 1.807) is 7.11 Å². The van der Waals surface area contributed by atoms with Gasteiger partial charge in [-0.1, -0.05) is 42.0 Å². The minimum absolute atomic E-state index is 0.423. The van der Waals surface area contributed by atoms with Crippen LogP contribution < -0.4 is 10.5 Å². The maximum atomic E-state index is 6.76. The zero-order valence-electron chi connectivity index (χ0n) is 11.4. The van der Waals surface area contributed by atoms with Gasteiger partial charge in [-0.05, 0) is 37.0 Å². The number of nitrogens with two attached hydrogens (primary N) is 1. The van der Waals surface area contributed by atoms with Crippen LogP contribution in [0.15, 0.2) is 42.5 Å². The first-order chi connectivity index (χ1) is 9.15. The molecule has 0 aliphatic heterocycles. The summed E-state index contributed by atoms with van der Waals surface area (Å²) in [5.41, 5.74) is 11.2. The molecule has 0 amide bonds. The maximum Gasteiger partial charge on any atom is 0.124 e. The van der Waals surface area contributed by atoms with Gasteiger partial charge in [0.15, 0.2) is 0 Å². The van der Waals surface area contributed by atoms with Gasteiger partial charge in [0.25, 0.3) is 0 Å². The predicted molar refractivity (Wildman–Crippen MR) is 77.5 cm³/mol. The molecule has 1 atom stereocenters. The van der Waals surface area contributed by atoms with Crippen molar-refractivity contribution in [1.82, 2.24) is 0 Å². The van der Waals surface area contributed by atoms with Crippen molar-refractivity contribution < 1.29 is 4.74 Å². The molecule has 0 heterocycles. The number of ether oxygens (including phenoxy) is 1. The molecule has 2 nitrogen and oxygen atoms in total. The first-order valence-electron chi connectivity index (χ1n) is 6.67. The highest BCUT2D eigenvalue weighted by Crippen LogP contribution is 2.43. The van der Waals surface area contributed by atoms with Crippen molar-refractivity contribution >= 4 is 0 Å². The van der Waals surface area contributed by atoms with E-state index in [0.29, 0.717) is 0 Å². The third-order valence-electron chi connectivity index (χ3n) is 4.12. The predicted octanol–water partition coefficient (Wildman–Crippen LogP) is 3.15. The van der Waals surface area contributed by atoms with Gasteiger partial charge in [-0.15, -0.1) is 0 Å². The molecule has 1 aliphatic carbocycles. The van der Waals surface area contributed by atoms with Crippen molar-refractivity contribution in [3.8, 4) is 5.75 Å². The third-order valence-corrected chi connectivity index (χ3v) is 4.12. The highest BCUT2D eigenvalue weighted by atomic mass is 16.5. The molecule has 0 saturated heterocycles. The van der Waals surface area contributed by atoms with Crippen LogP contribution in [0.4, 0.5) is 0 Å². The number of fused-ring (bicyclic) bond motifs is 1. The first kappa shape index (κ1) is 12.2. The largest absolute Gasteiger partial charge is 0.496 e. The molecule has 1 unspecified atom stereocenters. The Morgan fingerprint density at radius 1 is 1.11 bits per heavy atom. The van der Waals surface area contributed by atoms with E-state index >= 15 is 0 Å². The molecule has 1 aliphatic rings. The Morgan fingerprint density at radius 2 is 1.89 bits per heavy atom. The monoisotopic (exact) mass is 253 g/mol. The van der Waals surface area contributed by atoms with Crippen LogP contribution in [-0.4, -0.2) is 7.11 Å². The van der Waals surface area contributed by atoms with Gasteiger partial charge in [0.2, 0.25) is 0 Å². The second-order valence-electron chi connectivity index (χ2n) is 5.33. The van der Waals surface area contributed by atoms with Crippen LogP contribution in [0, 0.1) is 6.92 Å². The summed E-state index contributed by atoms with van der Waals surface area (Å²) in [6, 6.07) is 14.7. The Morgan fingerprint density at radius 3 is 2.68 bits per heavy atom. The summed E-state index contributed by atoms with van der Waals surface area (Å²) >= 11 is 0. The van der Waals surface area contributed by atoms with Gasteiger partial charge in [-0.25, -0.2) is 0 Å². The summed E-state index contributed by atoms with van der Waals surface area (Å²) in [6.45, 7) is 2.09. The smallest absolute Gasteiger partial charge is 0.124 e. The number of benzene rings is 2. The van der Waals surface area contributed by atoms with Gasteiger partial charge in [0.1, 0.15) is 5.75 Å². The highest BCUT2D eigenvalue weighted by molar-refractivity contribution is 5.52. The van der Waals surface area contributed by atoms with Crippen LogP contribution in [0.5, 0.6) is 5.75 Å². The van der Waals surface area contributed by atoms with Crippen LogP contribution in [0.2, 0.25) is 0 Å². The Hall–Kier alpha value is -1.80. The number of methoxy groups -OCH3 is 1. The van der Waals surface area contributed by atoms with Gasteiger partial charge in [-0.3, -0.25) is 0 Å². The molecule has 0 radical (unpaired) electrons. The molecule has 2 aromatic rings. The molecule has 98 valence electrons. The lowest BCUT2D eigenvalue weighted by atomic mass is 9.84. The molecule has 0 aromatic heterocycles. The van der Waals surface area contributed by atoms with E-state index in [1.165, 1.54) is 16.7 Å². The minimum atomic E-state index is -0.423. The van der Waals surface area contributed by atoms with E-state index in [0.717, 1.165) is 24.2 Å².